The number of ketones is 1. The first kappa shape index (κ1) is 14.1. The fourth-order valence-corrected chi connectivity index (χ4v) is 2.50. The van der Waals surface area contributed by atoms with Gasteiger partial charge < -0.3 is 4.90 Å². The van der Waals surface area contributed by atoms with Gasteiger partial charge in [-0.15, -0.1) is 0 Å². The molecule has 0 amide bonds. The highest BCUT2D eigenvalue weighted by Gasteiger charge is 2.32. The van der Waals surface area contributed by atoms with E-state index in [4.69, 9.17) is 0 Å². The van der Waals surface area contributed by atoms with Crippen molar-refractivity contribution in [2.45, 2.75) is 38.8 Å². The maximum absolute atomic E-state index is 11.6. The van der Waals surface area contributed by atoms with Crippen molar-refractivity contribution in [3.63, 3.8) is 0 Å². The molecular formula is C16H24N2O. The summed E-state index contributed by atoms with van der Waals surface area (Å²) in [6.45, 7) is 5.90. The van der Waals surface area contributed by atoms with E-state index in [1.165, 1.54) is 11.3 Å². The third-order valence-electron chi connectivity index (χ3n) is 4.07. The molecule has 0 aliphatic carbocycles. The standard InChI is InChI=1S/C16H24N2O/c1-16(2)10-9-15(19)12-18(16)11-13-5-7-14(8-6-13)17(3)4/h5-8H,9-12H2,1-4H3. The summed E-state index contributed by atoms with van der Waals surface area (Å²) in [6, 6.07) is 8.58. The first-order valence-electron chi connectivity index (χ1n) is 6.91. The summed E-state index contributed by atoms with van der Waals surface area (Å²) in [6.07, 6.45) is 1.69. The topological polar surface area (TPSA) is 23.6 Å². The van der Waals surface area contributed by atoms with Crippen LogP contribution >= 0.6 is 0 Å². The minimum Gasteiger partial charge on any atom is -0.378 e. The Bertz CT molecular complexity index is 448. The average Bonchev–Trinajstić information content (AvgIpc) is 2.35. The predicted octanol–water partition coefficient (Wildman–Crippen LogP) is 2.70. The minimum atomic E-state index is 0.119. The summed E-state index contributed by atoms with van der Waals surface area (Å²) in [5.74, 6) is 0.365. The Morgan fingerprint density at radius 1 is 1.21 bits per heavy atom. The van der Waals surface area contributed by atoms with Gasteiger partial charge in [-0.25, -0.2) is 0 Å². The molecule has 3 nitrogen and oxygen atoms in total. The molecular weight excluding hydrogens is 236 g/mol. The SMILES string of the molecule is CN(C)c1ccc(CN2CC(=O)CCC2(C)C)cc1. The molecule has 0 saturated carbocycles. The number of Topliss-reactive ketones (excluding diaryl/α,β-unsaturated/α-hetero) is 1. The highest BCUT2D eigenvalue weighted by atomic mass is 16.1. The van der Waals surface area contributed by atoms with Gasteiger partial charge in [0.25, 0.3) is 0 Å². The van der Waals surface area contributed by atoms with Gasteiger partial charge in [0.1, 0.15) is 5.78 Å². The van der Waals surface area contributed by atoms with E-state index < -0.39 is 0 Å². The van der Waals surface area contributed by atoms with E-state index in [0.29, 0.717) is 12.3 Å². The highest BCUT2D eigenvalue weighted by molar-refractivity contribution is 5.81. The van der Waals surface area contributed by atoms with Crippen molar-refractivity contribution in [2.75, 3.05) is 25.5 Å². The van der Waals surface area contributed by atoms with Gasteiger partial charge in [0.05, 0.1) is 6.54 Å². The Morgan fingerprint density at radius 3 is 2.42 bits per heavy atom. The van der Waals surface area contributed by atoms with Crippen molar-refractivity contribution in [1.82, 2.24) is 4.90 Å². The second-order valence-corrected chi connectivity index (χ2v) is 6.27. The molecule has 1 saturated heterocycles. The van der Waals surface area contributed by atoms with Gasteiger partial charge in [-0.2, -0.15) is 0 Å². The van der Waals surface area contributed by atoms with E-state index in [2.05, 4.69) is 47.9 Å². The van der Waals surface area contributed by atoms with E-state index in [1.807, 2.05) is 14.1 Å². The van der Waals surface area contributed by atoms with Crippen molar-refractivity contribution < 1.29 is 4.79 Å². The smallest absolute Gasteiger partial charge is 0.146 e. The number of benzene rings is 1. The number of hydrogen-bond donors (Lipinski definition) is 0. The maximum Gasteiger partial charge on any atom is 0.146 e. The Kier molecular flexibility index (Phi) is 3.95. The van der Waals surface area contributed by atoms with Crippen molar-refractivity contribution in [3.8, 4) is 0 Å². The third-order valence-corrected chi connectivity index (χ3v) is 4.07. The monoisotopic (exact) mass is 260 g/mol. The maximum atomic E-state index is 11.6. The Hall–Kier alpha value is -1.35. The van der Waals surface area contributed by atoms with E-state index in [9.17, 15) is 4.79 Å². The minimum absolute atomic E-state index is 0.119. The van der Waals surface area contributed by atoms with E-state index >= 15 is 0 Å². The number of carbonyl (C=O) groups excluding carboxylic acids is 1. The Labute approximate surface area is 116 Å². The van der Waals surface area contributed by atoms with Gasteiger partial charge in [-0.1, -0.05) is 12.1 Å². The van der Waals surface area contributed by atoms with Crippen LogP contribution < -0.4 is 4.90 Å². The van der Waals surface area contributed by atoms with Crippen molar-refractivity contribution in [2.24, 2.45) is 0 Å². The van der Waals surface area contributed by atoms with Gasteiger partial charge in [-0.05, 0) is 38.0 Å². The Morgan fingerprint density at radius 2 is 1.84 bits per heavy atom. The van der Waals surface area contributed by atoms with Crippen molar-refractivity contribution in [1.29, 1.82) is 0 Å². The van der Waals surface area contributed by atoms with Crippen LogP contribution in [0, 0.1) is 0 Å². The second kappa shape index (κ2) is 5.33. The van der Waals surface area contributed by atoms with Gasteiger partial charge in [0.2, 0.25) is 0 Å². The molecule has 0 unspecified atom stereocenters. The molecule has 1 aliphatic heterocycles. The fourth-order valence-electron chi connectivity index (χ4n) is 2.50. The lowest BCUT2D eigenvalue weighted by Gasteiger charge is -2.41. The second-order valence-electron chi connectivity index (χ2n) is 6.27. The third kappa shape index (κ3) is 3.35. The number of hydrogen-bond acceptors (Lipinski definition) is 3. The first-order chi connectivity index (χ1) is 8.88. The van der Waals surface area contributed by atoms with Crippen LogP contribution in [-0.4, -0.2) is 36.9 Å². The molecule has 0 atom stereocenters. The van der Waals surface area contributed by atoms with E-state index in [0.717, 1.165) is 19.4 Å². The van der Waals surface area contributed by atoms with E-state index in [1.54, 1.807) is 0 Å². The number of piperidine rings is 1. The predicted molar refractivity (Wildman–Crippen MR) is 79.5 cm³/mol. The number of nitrogens with zero attached hydrogens (tertiary/aromatic N) is 2. The number of anilines is 1. The zero-order chi connectivity index (χ0) is 14.0. The molecule has 0 N–H and O–H groups in total. The zero-order valence-corrected chi connectivity index (χ0v) is 12.4. The molecule has 1 heterocycles. The molecule has 1 fully saturated rings. The van der Waals surface area contributed by atoms with Crippen LogP contribution in [0.2, 0.25) is 0 Å². The van der Waals surface area contributed by atoms with Crippen LogP contribution in [0.3, 0.4) is 0 Å². The van der Waals surface area contributed by atoms with Crippen LogP contribution in [0.1, 0.15) is 32.3 Å². The lowest BCUT2D eigenvalue weighted by molar-refractivity contribution is -0.126. The largest absolute Gasteiger partial charge is 0.378 e. The molecule has 19 heavy (non-hydrogen) atoms. The van der Waals surface area contributed by atoms with E-state index in [-0.39, 0.29) is 5.54 Å². The van der Waals surface area contributed by atoms with Crippen LogP contribution in [0.4, 0.5) is 5.69 Å². The van der Waals surface area contributed by atoms with Crippen LogP contribution in [0.25, 0.3) is 0 Å². The highest BCUT2D eigenvalue weighted by Crippen LogP contribution is 2.27. The average molecular weight is 260 g/mol. The number of rotatable bonds is 3. The summed E-state index contributed by atoms with van der Waals surface area (Å²) in [5, 5.41) is 0. The normalized spacial score (nSPS) is 19.5. The van der Waals surface area contributed by atoms with Gasteiger partial charge in [0.15, 0.2) is 0 Å². The summed E-state index contributed by atoms with van der Waals surface area (Å²) < 4.78 is 0. The number of carbonyl (C=O) groups is 1. The molecule has 1 aromatic rings. The lowest BCUT2D eigenvalue weighted by Crippen LogP contribution is -2.50. The van der Waals surface area contributed by atoms with Crippen LogP contribution in [-0.2, 0) is 11.3 Å². The molecule has 0 radical (unpaired) electrons. The quantitative estimate of drug-likeness (QED) is 0.835. The molecule has 0 bridgehead atoms. The van der Waals surface area contributed by atoms with Crippen molar-refractivity contribution in [3.05, 3.63) is 29.8 Å². The van der Waals surface area contributed by atoms with Gasteiger partial charge in [0, 0.05) is 38.3 Å². The molecule has 2 rings (SSSR count). The molecule has 1 aromatic carbocycles. The summed E-state index contributed by atoms with van der Waals surface area (Å²) in [5.41, 5.74) is 2.60. The van der Waals surface area contributed by atoms with Crippen molar-refractivity contribution >= 4 is 11.5 Å². The van der Waals surface area contributed by atoms with Crippen LogP contribution in [0.5, 0.6) is 0 Å². The van der Waals surface area contributed by atoms with Crippen LogP contribution in [0.15, 0.2) is 24.3 Å². The molecule has 1 aliphatic rings. The molecule has 104 valence electrons. The Balaban J connectivity index is 2.09. The fraction of sp³-hybridized carbons (Fsp3) is 0.562. The lowest BCUT2D eigenvalue weighted by atomic mass is 9.89. The zero-order valence-electron chi connectivity index (χ0n) is 12.4. The molecule has 0 aromatic heterocycles. The number of likely N-dealkylation sites (tertiary alicyclic amines) is 1. The van der Waals surface area contributed by atoms with Gasteiger partial charge >= 0.3 is 0 Å². The van der Waals surface area contributed by atoms with Gasteiger partial charge in [-0.3, -0.25) is 9.69 Å². The first-order valence-corrected chi connectivity index (χ1v) is 6.91. The summed E-state index contributed by atoms with van der Waals surface area (Å²) in [7, 11) is 4.09. The summed E-state index contributed by atoms with van der Waals surface area (Å²) in [4.78, 5) is 16.0. The molecule has 3 heteroatoms. The molecule has 0 spiro atoms. The summed E-state index contributed by atoms with van der Waals surface area (Å²) >= 11 is 0.